The SMILES string of the molecule is COc1ccc(NC(=O)CN2CCN(Cc3nc(-c4ccccc4)cs3)CC2)cc1. The number of aromatic nitrogens is 1. The number of anilines is 1. The van der Waals surface area contributed by atoms with Gasteiger partial charge in [-0.2, -0.15) is 0 Å². The van der Waals surface area contributed by atoms with E-state index in [9.17, 15) is 4.79 Å². The third-order valence-corrected chi connectivity index (χ3v) is 6.02. The number of rotatable bonds is 7. The van der Waals surface area contributed by atoms with Crippen molar-refractivity contribution in [3.8, 4) is 17.0 Å². The van der Waals surface area contributed by atoms with E-state index in [0.29, 0.717) is 6.54 Å². The summed E-state index contributed by atoms with van der Waals surface area (Å²) in [6.45, 7) is 4.92. The number of nitrogens with zero attached hydrogens (tertiary/aromatic N) is 3. The van der Waals surface area contributed by atoms with Crippen molar-refractivity contribution >= 4 is 22.9 Å². The normalized spacial score (nSPS) is 15.1. The highest BCUT2D eigenvalue weighted by Gasteiger charge is 2.20. The van der Waals surface area contributed by atoms with E-state index in [2.05, 4.69) is 32.6 Å². The van der Waals surface area contributed by atoms with Gasteiger partial charge in [0.15, 0.2) is 0 Å². The van der Waals surface area contributed by atoms with Gasteiger partial charge < -0.3 is 10.1 Å². The summed E-state index contributed by atoms with van der Waals surface area (Å²) in [6, 6.07) is 17.7. The Kier molecular flexibility index (Phi) is 6.74. The molecule has 4 rings (SSSR count). The molecule has 0 saturated carbocycles. The van der Waals surface area contributed by atoms with Crippen LogP contribution in [0.25, 0.3) is 11.3 Å². The predicted molar refractivity (Wildman–Crippen MR) is 121 cm³/mol. The van der Waals surface area contributed by atoms with Crippen molar-refractivity contribution in [2.45, 2.75) is 6.54 Å². The van der Waals surface area contributed by atoms with Crippen LogP contribution in [0.3, 0.4) is 0 Å². The van der Waals surface area contributed by atoms with Gasteiger partial charge >= 0.3 is 0 Å². The van der Waals surface area contributed by atoms with E-state index in [1.807, 2.05) is 42.5 Å². The second-order valence-corrected chi connectivity index (χ2v) is 8.26. The zero-order valence-corrected chi connectivity index (χ0v) is 17.9. The van der Waals surface area contributed by atoms with Crippen molar-refractivity contribution in [3.05, 3.63) is 65.0 Å². The number of methoxy groups -OCH3 is 1. The molecule has 0 bridgehead atoms. The molecule has 2 heterocycles. The van der Waals surface area contributed by atoms with Crippen LogP contribution in [0.5, 0.6) is 5.75 Å². The van der Waals surface area contributed by atoms with Crippen molar-refractivity contribution < 1.29 is 9.53 Å². The molecule has 30 heavy (non-hydrogen) atoms. The zero-order valence-electron chi connectivity index (χ0n) is 17.1. The lowest BCUT2D eigenvalue weighted by atomic mass is 10.2. The van der Waals surface area contributed by atoms with E-state index in [1.165, 1.54) is 0 Å². The predicted octanol–water partition coefficient (Wildman–Crippen LogP) is 3.58. The van der Waals surface area contributed by atoms with E-state index < -0.39 is 0 Å². The lowest BCUT2D eigenvalue weighted by Gasteiger charge is -2.33. The molecule has 2 aromatic carbocycles. The molecule has 0 aliphatic carbocycles. The topological polar surface area (TPSA) is 57.7 Å². The maximum atomic E-state index is 12.3. The van der Waals surface area contributed by atoms with E-state index in [4.69, 9.17) is 9.72 Å². The van der Waals surface area contributed by atoms with E-state index in [-0.39, 0.29) is 5.91 Å². The Morgan fingerprint density at radius 3 is 2.43 bits per heavy atom. The summed E-state index contributed by atoms with van der Waals surface area (Å²) < 4.78 is 5.14. The standard InChI is InChI=1S/C23H26N4O2S/c1-29-20-9-7-19(8-10-20)24-22(28)15-26-11-13-27(14-12-26)16-23-25-21(17-30-23)18-5-3-2-4-6-18/h2-10,17H,11-16H2,1H3,(H,24,28). The number of ether oxygens (including phenoxy) is 1. The molecular weight excluding hydrogens is 396 g/mol. The number of carbonyl (C=O) groups excluding carboxylic acids is 1. The quantitative estimate of drug-likeness (QED) is 0.631. The summed E-state index contributed by atoms with van der Waals surface area (Å²) in [5.74, 6) is 0.793. The van der Waals surface area contributed by atoms with Gasteiger partial charge in [-0.05, 0) is 24.3 Å². The summed E-state index contributed by atoms with van der Waals surface area (Å²) in [5.41, 5.74) is 2.99. The van der Waals surface area contributed by atoms with Crippen LogP contribution in [-0.4, -0.2) is 60.5 Å². The van der Waals surface area contributed by atoms with Gasteiger partial charge in [0.05, 0.1) is 25.9 Å². The molecule has 0 spiro atoms. The Labute approximate surface area is 181 Å². The first-order valence-electron chi connectivity index (χ1n) is 10.1. The summed E-state index contributed by atoms with van der Waals surface area (Å²) in [7, 11) is 1.63. The van der Waals surface area contributed by atoms with Gasteiger partial charge in [-0.25, -0.2) is 4.98 Å². The van der Waals surface area contributed by atoms with Crippen LogP contribution in [0, 0.1) is 0 Å². The molecule has 1 N–H and O–H groups in total. The van der Waals surface area contributed by atoms with Crippen molar-refractivity contribution in [2.24, 2.45) is 0 Å². The van der Waals surface area contributed by atoms with E-state index in [1.54, 1.807) is 18.4 Å². The molecule has 0 radical (unpaired) electrons. The summed E-state index contributed by atoms with van der Waals surface area (Å²) in [4.78, 5) is 21.7. The van der Waals surface area contributed by atoms with Gasteiger partial charge in [0.25, 0.3) is 0 Å². The fraction of sp³-hybridized carbons (Fsp3) is 0.304. The number of hydrogen-bond acceptors (Lipinski definition) is 6. The number of benzene rings is 2. The number of nitrogens with one attached hydrogen (secondary N) is 1. The van der Waals surface area contributed by atoms with Crippen LogP contribution in [0.1, 0.15) is 5.01 Å². The van der Waals surface area contributed by atoms with Crippen LogP contribution in [0.2, 0.25) is 0 Å². The molecule has 1 aromatic heterocycles. The van der Waals surface area contributed by atoms with Crippen LogP contribution >= 0.6 is 11.3 Å². The molecule has 156 valence electrons. The Morgan fingerprint density at radius 2 is 1.73 bits per heavy atom. The fourth-order valence-corrected chi connectivity index (χ4v) is 4.34. The molecule has 3 aromatic rings. The highest BCUT2D eigenvalue weighted by atomic mass is 32.1. The van der Waals surface area contributed by atoms with Crippen LogP contribution in [0.15, 0.2) is 60.0 Å². The van der Waals surface area contributed by atoms with Crippen LogP contribution in [-0.2, 0) is 11.3 Å². The van der Waals surface area contributed by atoms with Crippen molar-refractivity contribution in [2.75, 3.05) is 45.2 Å². The zero-order chi connectivity index (χ0) is 20.8. The number of hydrogen-bond donors (Lipinski definition) is 1. The summed E-state index contributed by atoms with van der Waals surface area (Å²) in [6.07, 6.45) is 0. The van der Waals surface area contributed by atoms with Gasteiger partial charge in [0.1, 0.15) is 10.8 Å². The first-order valence-corrected chi connectivity index (χ1v) is 11.0. The summed E-state index contributed by atoms with van der Waals surface area (Å²) in [5, 5.41) is 6.22. The molecule has 0 atom stereocenters. The van der Waals surface area contributed by atoms with Crippen LogP contribution < -0.4 is 10.1 Å². The van der Waals surface area contributed by atoms with Crippen molar-refractivity contribution in [1.29, 1.82) is 0 Å². The van der Waals surface area contributed by atoms with Crippen LogP contribution in [0.4, 0.5) is 5.69 Å². The first-order chi connectivity index (χ1) is 14.7. The smallest absolute Gasteiger partial charge is 0.238 e. The molecule has 1 saturated heterocycles. The lowest BCUT2D eigenvalue weighted by Crippen LogP contribution is -2.48. The number of piperazine rings is 1. The number of amides is 1. The maximum Gasteiger partial charge on any atom is 0.238 e. The maximum absolute atomic E-state index is 12.3. The minimum Gasteiger partial charge on any atom is -0.497 e. The Bertz CT molecular complexity index is 951. The minimum atomic E-state index is 0.0149. The van der Waals surface area contributed by atoms with Crippen molar-refractivity contribution in [1.82, 2.24) is 14.8 Å². The average molecular weight is 423 g/mol. The largest absolute Gasteiger partial charge is 0.497 e. The van der Waals surface area contributed by atoms with Gasteiger partial charge in [-0.1, -0.05) is 30.3 Å². The molecule has 7 heteroatoms. The highest BCUT2D eigenvalue weighted by molar-refractivity contribution is 7.09. The minimum absolute atomic E-state index is 0.0149. The van der Waals surface area contributed by atoms with Gasteiger partial charge in [-0.15, -0.1) is 11.3 Å². The molecule has 1 fully saturated rings. The van der Waals surface area contributed by atoms with Gasteiger partial charge in [0.2, 0.25) is 5.91 Å². The first kappa shape index (κ1) is 20.5. The van der Waals surface area contributed by atoms with Gasteiger partial charge in [-0.3, -0.25) is 14.6 Å². The molecule has 1 aliphatic rings. The highest BCUT2D eigenvalue weighted by Crippen LogP contribution is 2.22. The average Bonchev–Trinajstić information content (AvgIpc) is 3.25. The second kappa shape index (κ2) is 9.84. The lowest BCUT2D eigenvalue weighted by molar-refractivity contribution is -0.117. The van der Waals surface area contributed by atoms with Gasteiger partial charge in [0, 0.05) is 42.8 Å². The second-order valence-electron chi connectivity index (χ2n) is 7.32. The Hall–Kier alpha value is -2.74. The molecule has 6 nitrogen and oxygen atoms in total. The van der Waals surface area contributed by atoms with E-state index in [0.717, 1.165) is 60.4 Å². The third kappa shape index (κ3) is 5.44. The Balaban J connectivity index is 1.22. The Morgan fingerprint density at radius 1 is 1.03 bits per heavy atom. The molecule has 0 unspecified atom stereocenters. The molecule has 1 aliphatic heterocycles. The van der Waals surface area contributed by atoms with Crippen molar-refractivity contribution in [3.63, 3.8) is 0 Å². The number of thiazole rings is 1. The molecular formula is C23H26N4O2S. The monoisotopic (exact) mass is 422 g/mol. The van der Waals surface area contributed by atoms with E-state index >= 15 is 0 Å². The number of carbonyl (C=O) groups is 1. The third-order valence-electron chi connectivity index (χ3n) is 5.19. The molecule has 1 amide bonds. The summed E-state index contributed by atoms with van der Waals surface area (Å²) >= 11 is 1.71. The fourth-order valence-electron chi connectivity index (χ4n) is 3.50.